The minimum absolute atomic E-state index is 0.187. The van der Waals surface area contributed by atoms with Gasteiger partial charge in [0.1, 0.15) is 11.6 Å². The fourth-order valence-electron chi connectivity index (χ4n) is 9.42. The number of ether oxygens (including phenoxy) is 1. The molecule has 0 aromatic rings. The minimum atomic E-state index is -1.46. The molecule has 4 aliphatic carbocycles. The number of amides is 1. The molecule has 0 spiro atoms. The Labute approximate surface area is 231 Å². The molecule has 6 heteroatoms. The van der Waals surface area contributed by atoms with Crippen LogP contribution < -0.4 is 5.32 Å². The van der Waals surface area contributed by atoms with E-state index in [0.717, 1.165) is 61.2 Å². The molecule has 4 rings (SSSR count). The fraction of sp³-hybridized carbons (Fsp3) is 0.906. The van der Waals surface area contributed by atoms with Crippen molar-refractivity contribution in [3.05, 3.63) is 11.6 Å². The van der Waals surface area contributed by atoms with Crippen LogP contribution in [0, 0.1) is 46.3 Å². The molecule has 218 valence electrons. The van der Waals surface area contributed by atoms with E-state index in [1.807, 2.05) is 0 Å². The number of carbonyl (C=O) groups excluding carboxylic acids is 1. The van der Waals surface area contributed by atoms with E-state index in [1.54, 1.807) is 0 Å². The summed E-state index contributed by atoms with van der Waals surface area (Å²) < 4.78 is 5.73. The molecule has 0 aromatic heterocycles. The van der Waals surface area contributed by atoms with Gasteiger partial charge in [0.15, 0.2) is 0 Å². The van der Waals surface area contributed by atoms with Gasteiger partial charge >= 0.3 is 6.09 Å². The third-order valence-electron chi connectivity index (χ3n) is 11.8. The summed E-state index contributed by atoms with van der Waals surface area (Å²) in [6.45, 7) is 10.7. The number of rotatable bonds is 10. The van der Waals surface area contributed by atoms with E-state index < -0.39 is 31.5 Å². The summed E-state index contributed by atoms with van der Waals surface area (Å²) in [5, 5.41) is 31.0. The Morgan fingerprint density at radius 3 is 2.39 bits per heavy atom. The highest BCUT2D eigenvalue weighted by Crippen LogP contribution is 2.67. The van der Waals surface area contributed by atoms with Gasteiger partial charge in [0, 0.05) is 6.42 Å². The topological polar surface area (TPSA) is 99.0 Å². The molecule has 6 nitrogen and oxygen atoms in total. The maximum absolute atomic E-state index is 12.5. The predicted octanol–water partition coefficient (Wildman–Crippen LogP) is 5.84. The van der Waals surface area contributed by atoms with Gasteiger partial charge in [-0.2, -0.15) is 0 Å². The standard InChI is InChI=1S/C32H55NO5/c1-21(2)7-6-8-22(3)26-11-12-27-25-10-9-23-17-24(38-29(37)33-32(18-34,19-35)20-36)13-15-30(23,4)28(25)14-16-31(26,27)5/h9,21-22,24-28,34-36H,6-8,10-20H2,1-5H3,(H,33,37)/t22-,24-,25+,26-,27+,28+,30-,31+/m0/s1. The van der Waals surface area contributed by atoms with E-state index in [1.165, 1.54) is 50.5 Å². The van der Waals surface area contributed by atoms with Crippen LogP contribution in [0.25, 0.3) is 0 Å². The molecule has 4 N–H and O–H groups in total. The molecule has 3 fully saturated rings. The average molecular weight is 534 g/mol. The summed E-state index contributed by atoms with van der Waals surface area (Å²) in [5.74, 6) is 4.82. The number of hydrogen-bond donors (Lipinski definition) is 4. The number of allylic oxidation sites excluding steroid dienone is 1. The molecule has 0 saturated heterocycles. The van der Waals surface area contributed by atoms with Crippen molar-refractivity contribution < 1.29 is 24.9 Å². The monoisotopic (exact) mass is 533 g/mol. The van der Waals surface area contributed by atoms with Gasteiger partial charge in [-0.3, -0.25) is 0 Å². The lowest BCUT2D eigenvalue weighted by atomic mass is 9.47. The number of alkyl carbamates (subject to hydrolysis) is 1. The van der Waals surface area contributed by atoms with E-state index in [2.05, 4.69) is 46.0 Å². The molecule has 0 radical (unpaired) electrons. The zero-order valence-corrected chi connectivity index (χ0v) is 24.7. The van der Waals surface area contributed by atoms with E-state index in [0.29, 0.717) is 5.41 Å². The summed E-state index contributed by atoms with van der Waals surface area (Å²) in [7, 11) is 0. The summed E-state index contributed by atoms with van der Waals surface area (Å²) in [6, 6.07) is 0. The van der Waals surface area contributed by atoms with Crippen molar-refractivity contribution in [1.29, 1.82) is 0 Å². The Bertz CT molecular complexity index is 845. The van der Waals surface area contributed by atoms with Crippen molar-refractivity contribution in [2.75, 3.05) is 19.8 Å². The van der Waals surface area contributed by atoms with Gasteiger partial charge in [0.2, 0.25) is 0 Å². The van der Waals surface area contributed by atoms with Gasteiger partial charge in [-0.25, -0.2) is 4.79 Å². The van der Waals surface area contributed by atoms with E-state index in [-0.39, 0.29) is 11.5 Å². The Kier molecular flexibility index (Phi) is 9.26. The maximum atomic E-state index is 12.5. The Morgan fingerprint density at radius 1 is 1.03 bits per heavy atom. The second kappa shape index (κ2) is 11.8. The summed E-state index contributed by atoms with van der Waals surface area (Å²) in [5.41, 5.74) is 0.668. The molecule has 4 aliphatic rings. The SMILES string of the molecule is CC(C)CCC[C@H](C)[C@@H]1CC[C@@H]2[C@H]3CC=C4C[C@@H](OC(=O)NC(CO)(CO)CO)CC[C@]4(C)[C@@H]3CC[C@@]21C. The second-order valence-electron chi connectivity index (χ2n) is 14.4. The van der Waals surface area contributed by atoms with Crippen LogP contribution in [-0.4, -0.2) is 52.9 Å². The van der Waals surface area contributed by atoms with Crippen molar-refractivity contribution in [3.8, 4) is 0 Å². The van der Waals surface area contributed by atoms with Crippen LogP contribution in [0.5, 0.6) is 0 Å². The van der Waals surface area contributed by atoms with E-state index in [9.17, 15) is 20.1 Å². The first-order valence-electron chi connectivity index (χ1n) is 15.5. The van der Waals surface area contributed by atoms with Crippen LogP contribution >= 0.6 is 0 Å². The van der Waals surface area contributed by atoms with Crippen LogP contribution in [0.2, 0.25) is 0 Å². The smallest absolute Gasteiger partial charge is 0.408 e. The first kappa shape index (κ1) is 29.9. The highest BCUT2D eigenvalue weighted by molar-refractivity contribution is 5.68. The fourth-order valence-corrected chi connectivity index (χ4v) is 9.42. The molecule has 38 heavy (non-hydrogen) atoms. The molecular weight excluding hydrogens is 478 g/mol. The van der Waals surface area contributed by atoms with Crippen LogP contribution in [0.1, 0.15) is 105 Å². The molecule has 0 aromatic carbocycles. The first-order chi connectivity index (χ1) is 18.0. The van der Waals surface area contributed by atoms with Gasteiger partial charge in [-0.1, -0.05) is 65.5 Å². The number of carbonyl (C=O) groups is 1. The quantitative estimate of drug-likeness (QED) is 0.265. The van der Waals surface area contributed by atoms with E-state index >= 15 is 0 Å². The lowest BCUT2D eigenvalue weighted by Gasteiger charge is -2.58. The van der Waals surface area contributed by atoms with Crippen molar-refractivity contribution >= 4 is 6.09 Å². The average Bonchev–Trinajstić information content (AvgIpc) is 3.24. The maximum Gasteiger partial charge on any atom is 0.408 e. The molecule has 1 amide bonds. The largest absolute Gasteiger partial charge is 0.446 e. The Morgan fingerprint density at radius 2 is 1.74 bits per heavy atom. The minimum Gasteiger partial charge on any atom is -0.446 e. The number of nitrogens with one attached hydrogen (secondary N) is 1. The highest BCUT2D eigenvalue weighted by atomic mass is 16.6. The van der Waals surface area contributed by atoms with Gasteiger partial charge in [0.25, 0.3) is 0 Å². The van der Waals surface area contributed by atoms with Crippen molar-refractivity contribution in [2.24, 2.45) is 46.3 Å². The molecule has 0 bridgehead atoms. The van der Waals surface area contributed by atoms with Crippen molar-refractivity contribution in [3.63, 3.8) is 0 Å². The molecule has 0 heterocycles. The first-order valence-corrected chi connectivity index (χ1v) is 15.5. The molecule has 0 aliphatic heterocycles. The zero-order chi connectivity index (χ0) is 27.7. The van der Waals surface area contributed by atoms with Gasteiger partial charge in [0.05, 0.1) is 19.8 Å². The summed E-state index contributed by atoms with van der Waals surface area (Å²) >= 11 is 0. The molecule has 0 unspecified atom stereocenters. The highest BCUT2D eigenvalue weighted by Gasteiger charge is 2.59. The number of hydrogen-bond acceptors (Lipinski definition) is 5. The summed E-state index contributed by atoms with van der Waals surface area (Å²) in [6.07, 6.45) is 15.0. The predicted molar refractivity (Wildman–Crippen MR) is 150 cm³/mol. The molecule has 3 saturated carbocycles. The zero-order valence-electron chi connectivity index (χ0n) is 24.7. The Balaban J connectivity index is 1.40. The van der Waals surface area contributed by atoms with Crippen LogP contribution in [-0.2, 0) is 4.74 Å². The van der Waals surface area contributed by atoms with Crippen molar-refractivity contribution in [2.45, 2.75) is 117 Å². The van der Waals surface area contributed by atoms with Gasteiger partial charge in [-0.05, 0) is 91.3 Å². The normalized spacial score (nSPS) is 37.6. The number of aliphatic hydroxyl groups excluding tert-OH is 3. The second-order valence-corrected chi connectivity index (χ2v) is 14.4. The lowest BCUT2D eigenvalue weighted by molar-refractivity contribution is -0.0588. The summed E-state index contributed by atoms with van der Waals surface area (Å²) in [4.78, 5) is 12.5. The van der Waals surface area contributed by atoms with E-state index in [4.69, 9.17) is 4.74 Å². The third kappa shape index (κ3) is 5.56. The van der Waals surface area contributed by atoms with Crippen LogP contribution in [0.4, 0.5) is 4.79 Å². The Hall–Kier alpha value is -1.11. The number of aliphatic hydroxyl groups is 3. The van der Waals surface area contributed by atoms with Crippen molar-refractivity contribution in [1.82, 2.24) is 5.32 Å². The molecular formula is C32H55NO5. The lowest BCUT2D eigenvalue weighted by Crippen LogP contribution is -2.57. The molecule has 8 atom stereocenters. The number of fused-ring (bicyclic) bond motifs is 5. The van der Waals surface area contributed by atoms with Crippen LogP contribution in [0.15, 0.2) is 11.6 Å². The van der Waals surface area contributed by atoms with Gasteiger partial charge in [-0.15, -0.1) is 0 Å². The van der Waals surface area contributed by atoms with Gasteiger partial charge < -0.3 is 25.4 Å². The third-order valence-corrected chi connectivity index (χ3v) is 11.8. The van der Waals surface area contributed by atoms with Crippen LogP contribution in [0.3, 0.4) is 0 Å².